The summed E-state index contributed by atoms with van der Waals surface area (Å²) < 4.78 is 6.67. The zero-order chi connectivity index (χ0) is 16.8. The van der Waals surface area contributed by atoms with E-state index in [0.29, 0.717) is 5.92 Å². The van der Waals surface area contributed by atoms with Gasteiger partial charge in [0, 0.05) is 5.92 Å². The van der Waals surface area contributed by atoms with Crippen molar-refractivity contribution in [3.8, 4) is 6.07 Å². The van der Waals surface area contributed by atoms with Crippen LogP contribution in [0.3, 0.4) is 0 Å². The lowest BCUT2D eigenvalue weighted by Gasteiger charge is -2.40. The molecule has 22 heavy (non-hydrogen) atoms. The molecular formula is C19H35NOSi. The second kappa shape index (κ2) is 8.20. The molecule has 126 valence electrons. The summed E-state index contributed by atoms with van der Waals surface area (Å²) in [4.78, 5) is 0. The van der Waals surface area contributed by atoms with Gasteiger partial charge >= 0.3 is 0 Å². The predicted molar refractivity (Wildman–Crippen MR) is 97.0 cm³/mol. The van der Waals surface area contributed by atoms with Crippen molar-refractivity contribution >= 4 is 8.32 Å². The van der Waals surface area contributed by atoms with Crippen LogP contribution in [0.5, 0.6) is 0 Å². The second-order valence-corrected chi connectivity index (χ2v) is 13.0. The van der Waals surface area contributed by atoms with Gasteiger partial charge in [-0.05, 0) is 43.5 Å². The SMILES string of the molecule is CCCC(C#N)/C=C(/O[Si](C)(C)C(C)(C)C)C1CCCCC1. The van der Waals surface area contributed by atoms with Crippen LogP contribution in [0.1, 0.15) is 72.6 Å². The van der Waals surface area contributed by atoms with E-state index in [9.17, 15) is 5.26 Å². The van der Waals surface area contributed by atoms with E-state index in [2.05, 4.69) is 52.9 Å². The minimum Gasteiger partial charge on any atom is -0.547 e. The molecule has 0 aliphatic heterocycles. The van der Waals surface area contributed by atoms with Gasteiger partial charge in [0.1, 0.15) is 0 Å². The number of nitrogens with zero attached hydrogens (tertiary/aromatic N) is 1. The van der Waals surface area contributed by atoms with Crippen molar-refractivity contribution < 1.29 is 4.43 Å². The molecule has 0 heterocycles. The van der Waals surface area contributed by atoms with Gasteiger partial charge in [-0.15, -0.1) is 0 Å². The maximum absolute atomic E-state index is 9.42. The highest BCUT2D eigenvalue weighted by Crippen LogP contribution is 2.41. The zero-order valence-corrected chi connectivity index (χ0v) is 16.5. The van der Waals surface area contributed by atoms with Gasteiger partial charge in [-0.1, -0.05) is 53.4 Å². The van der Waals surface area contributed by atoms with E-state index in [1.807, 2.05) is 0 Å². The van der Waals surface area contributed by atoms with Gasteiger partial charge in [-0.2, -0.15) is 5.26 Å². The Morgan fingerprint density at radius 3 is 2.32 bits per heavy atom. The van der Waals surface area contributed by atoms with Crippen LogP contribution in [0, 0.1) is 23.2 Å². The van der Waals surface area contributed by atoms with Crippen molar-refractivity contribution in [2.24, 2.45) is 11.8 Å². The second-order valence-electron chi connectivity index (χ2n) is 8.29. The van der Waals surface area contributed by atoms with Crippen LogP contribution in [-0.2, 0) is 4.43 Å². The standard InChI is InChI=1S/C19H35NOSi/c1-7-11-16(15-20)14-18(17-12-9-8-10-13-17)21-22(5,6)19(2,3)4/h14,16-17H,7-13H2,1-6H3/b18-14+. The molecule has 1 fully saturated rings. The van der Waals surface area contributed by atoms with Crippen molar-refractivity contribution in [3.63, 3.8) is 0 Å². The molecule has 1 aliphatic carbocycles. The van der Waals surface area contributed by atoms with Crippen molar-refractivity contribution in [1.29, 1.82) is 5.26 Å². The molecule has 0 aromatic rings. The monoisotopic (exact) mass is 321 g/mol. The van der Waals surface area contributed by atoms with E-state index in [-0.39, 0.29) is 11.0 Å². The Balaban J connectivity index is 3.00. The van der Waals surface area contributed by atoms with Gasteiger partial charge < -0.3 is 4.43 Å². The Bertz CT molecular complexity index is 408. The van der Waals surface area contributed by atoms with Crippen molar-refractivity contribution in [3.05, 3.63) is 11.8 Å². The Morgan fingerprint density at radius 2 is 1.86 bits per heavy atom. The maximum Gasteiger partial charge on any atom is 0.250 e. The van der Waals surface area contributed by atoms with Crippen LogP contribution in [0.15, 0.2) is 11.8 Å². The molecule has 1 rings (SSSR count). The van der Waals surface area contributed by atoms with Crippen LogP contribution in [0.25, 0.3) is 0 Å². The average Bonchev–Trinajstić information content (AvgIpc) is 2.45. The fraction of sp³-hybridized carbons (Fsp3) is 0.842. The van der Waals surface area contributed by atoms with E-state index in [1.165, 1.54) is 32.1 Å². The summed E-state index contributed by atoms with van der Waals surface area (Å²) in [6.07, 6.45) is 10.6. The first-order valence-corrected chi connectivity index (χ1v) is 11.9. The summed E-state index contributed by atoms with van der Waals surface area (Å²) in [6.45, 7) is 13.6. The van der Waals surface area contributed by atoms with Crippen LogP contribution in [0.4, 0.5) is 0 Å². The molecule has 0 bridgehead atoms. The molecule has 1 atom stereocenters. The zero-order valence-electron chi connectivity index (χ0n) is 15.5. The summed E-state index contributed by atoms with van der Waals surface area (Å²) in [5, 5.41) is 9.63. The number of rotatable bonds is 6. The molecule has 0 amide bonds. The van der Waals surface area contributed by atoms with Crippen molar-refractivity contribution in [2.75, 3.05) is 0 Å². The lowest BCUT2D eigenvalue weighted by Crippen LogP contribution is -2.41. The lowest BCUT2D eigenvalue weighted by molar-refractivity contribution is 0.270. The lowest BCUT2D eigenvalue weighted by atomic mass is 9.86. The highest BCUT2D eigenvalue weighted by molar-refractivity contribution is 6.74. The first kappa shape index (κ1) is 19.3. The maximum atomic E-state index is 9.42. The summed E-state index contributed by atoms with van der Waals surface area (Å²) in [7, 11) is -1.83. The summed E-state index contributed by atoms with van der Waals surface area (Å²) in [5.74, 6) is 1.69. The van der Waals surface area contributed by atoms with Crippen LogP contribution in [-0.4, -0.2) is 8.32 Å². The van der Waals surface area contributed by atoms with Gasteiger partial charge in [0.25, 0.3) is 0 Å². The average molecular weight is 322 g/mol. The number of hydrogen-bond donors (Lipinski definition) is 0. The highest BCUT2D eigenvalue weighted by atomic mass is 28.4. The molecule has 1 unspecified atom stereocenters. The third-order valence-corrected chi connectivity index (χ3v) is 9.68. The topological polar surface area (TPSA) is 33.0 Å². The first-order valence-electron chi connectivity index (χ1n) is 9.01. The van der Waals surface area contributed by atoms with Crippen molar-refractivity contribution in [2.45, 2.75) is 90.8 Å². The summed E-state index contributed by atoms with van der Waals surface area (Å²) >= 11 is 0. The molecule has 3 heteroatoms. The van der Waals surface area contributed by atoms with Gasteiger partial charge in [0.2, 0.25) is 8.32 Å². The predicted octanol–water partition coefficient (Wildman–Crippen LogP) is 6.41. The fourth-order valence-corrected chi connectivity index (χ4v) is 3.91. The van der Waals surface area contributed by atoms with Crippen LogP contribution >= 0.6 is 0 Å². The first-order chi connectivity index (χ1) is 10.2. The smallest absolute Gasteiger partial charge is 0.250 e. The molecule has 0 radical (unpaired) electrons. The van der Waals surface area contributed by atoms with Gasteiger partial charge in [-0.25, -0.2) is 0 Å². The molecule has 1 aliphatic rings. The summed E-state index contributed by atoms with van der Waals surface area (Å²) in [6, 6.07) is 2.46. The van der Waals surface area contributed by atoms with Crippen LogP contribution in [0.2, 0.25) is 18.1 Å². The number of allylic oxidation sites excluding steroid dienone is 2. The van der Waals surface area contributed by atoms with E-state index in [4.69, 9.17) is 4.43 Å². The van der Waals surface area contributed by atoms with Gasteiger partial charge in [0.05, 0.1) is 17.7 Å². The van der Waals surface area contributed by atoms with E-state index in [0.717, 1.165) is 18.6 Å². The van der Waals surface area contributed by atoms with Crippen molar-refractivity contribution in [1.82, 2.24) is 0 Å². The molecule has 0 N–H and O–H groups in total. The van der Waals surface area contributed by atoms with Crippen LogP contribution < -0.4 is 0 Å². The minimum absolute atomic E-state index is 0.00620. The minimum atomic E-state index is -1.83. The van der Waals surface area contributed by atoms with E-state index < -0.39 is 8.32 Å². The quantitative estimate of drug-likeness (QED) is 0.418. The fourth-order valence-electron chi connectivity index (χ4n) is 2.78. The number of nitriles is 1. The Hall–Kier alpha value is -0.753. The largest absolute Gasteiger partial charge is 0.547 e. The molecular weight excluding hydrogens is 286 g/mol. The normalized spacial score (nSPS) is 19.6. The van der Waals surface area contributed by atoms with E-state index in [1.54, 1.807) is 0 Å². The molecule has 0 saturated heterocycles. The third kappa shape index (κ3) is 5.46. The van der Waals surface area contributed by atoms with Gasteiger partial charge in [-0.3, -0.25) is 0 Å². The molecule has 0 aromatic heterocycles. The Kier molecular flexibility index (Phi) is 7.19. The molecule has 0 aromatic carbocycles. The Morgan fingerprint density at radius 1 is 1.27 bits per heavy atom. The molecule has 2 nitrogen and oxygen atoms in total. The molecule has 1 saturated carbocycles. The van der Waals surface area contributed by atoms with Gasteiger partial charge in [0.15, 0.2) is 0 Å². The Labute approximate surface area is 139 Å². The highest BCUT2D eigenvalue weighted by Gasteiger charge is 2.40. The summed E-state index contributed by atoms with van der Waals surface area (Å²) in [5.41, 5.74) is 0. The third-order valence-electron chi connectivity index (χ3n) is 5.32. The number of hydrogen-bond acceptors (Lipinski definition) is 2. The van der Waals surface area contributed by atoms with E-state index >= 15 is 0 Å². The molecule has 0 spiro atoms.